The van der Waals surface area contributed by atoms with Crippen molar-refractivity contribution in [3.05, 3.63) is 29.8 Å². The Balaban J connectivity index is 1.99. The van der Waals surface area contributed by atoms with Crippen molar-refractivity contribution in [3.8, 4) is 0 Å². The van der Waals surface area contributed by atoms with Gasteiger partial charge >= 0.3 is 0 Å². The summed E-state index contributed by atoms with van der Waals surface area (Å²) in [6.45, 7) is 2.07. The van der Waals surface area contributed by atoms with Gasteiger partial charge in [-0.2, -0.15) is 0 Å². The van der Waals surface area contributed by atoms with E-state index in [9.17, 15) is 8.42 Å². The van der Waals surface area contributed by atoms with Crippen molar-refractivity contribution in [2.45, 2.75) is 30.2 Å². The van der Waals surface area contributed by atoms with Crippen LogP contribution in [0.25, 0.3) is 0 Å². The van der Waals surface area contributed by atoms with Crippen molar-refractivity contribution in [3.63, 3.8) is 0 Å². The average molecular weight is 251 g/mol. The molecule has 0 spiro atoms. The van der Waals surface area contributed by atoms with E-state index >= 15 is 0 Å². The zero-order valence-electron chi connectivity index (χ0n) is 9.80. The molecule has 0 radical (unpaired) electrons. The fourth-order valence-corrected chi connectivity index (χ4v) is 4.79. The lowest BCUT2D eigenvalue weighted by Gasteiger charge is -2.31. The zero-order chi connectivity index (χ0) is 11.9. The SMILES string of the molecule is O=S1(=O)CC(N2CCCCC2)c2ccccc21. The van der Waals surface area contributed by atoms with Gasteiger partial charge in [-0.1, -0.05) is 24.6 Å². The van der Waals surface area contributed by atoms with E-state index < -0.39 is 9.84 Å². The molecule has 2 heterocycles. The third-order valence-corrected chi connectivity index (χ3v) is 5.62. The van der Waals surface area contributed by atoms with Gasteiger partial charge in [0.15, 0.2) is 9.84 Å². The van der Waals surface area contributed by atoms with E-state index in [1.807, 2.05) is 18.2 Å². The first-order valence-corrected chi connectivity index (χ1v) is 7.89. The fraction of sp³-hybridized carbons (Fsp3) is 0.538. The van der Waals surface area contributed by atoms with Crippen molar-refractivity contribution < 1.29 is 8.42 Å². The van der Waals surface area contributed by atoms with Crippen molar-refractivity contribution in [1.82, 2.24) is 4.90 Å². The third-order valence-electron chi connectivity index (χ3n) is 3.82. The number of likely N-dealkylation sites (tertiary alicyclic amines) is 1. The standard InChI is InChI=1S/C13H17NO2S/c15-17(16)10-12(14-8-4-1-5-9-14)11-6-2-3-7-13(11)17/h2-3,6-7,12H,1,4-5,8-10H2. The Bertz CT molecular complexity index is 518. The normalized spacial score (nSPS) is 27.9. The van der Waals surface area contributed by atoms with E-state index in [0.29, 0.717) is 4.90 Å². The molecule has 1 atom stereocenters. The minimum Gasteiger partial charge on any atom is -0.295 e. The topological polar surface area (TPSA) is 37.4 Å². The summed E-state index contributed by atoms with van der Waals surface area (Å²) in [5.41, 5.74) is 1.01. The van der Waals surface area contributed by atoms with Crippen LogP contribution in [0.1, 0.15) is 30.9 Å². The molecular weight excluding hydrogens is 234 g/mol. The summed E-state index contributed by atoms with van der Waals surface area (Å²) in [5, 5.41) is 0. The fourth-order valence-electron chi connectivity index (χ4n) is 2.96. The molecule has 1 saturated heterocycles. The highest BCUT2D eigenvalue weighted by Crippen LogP contribution is 2.37. The van der Waals surface area contributed by atoms with Crippen LogP contribution in [0.5, 0.6) is 0 Å². The van der Waals surface area contributed by atoms with Gasteiger partial charge in [0, 0.05) is 0 Å². The minimum absolute atomic E-state index is 0.0940. The Morgan fingerprint density at radius 2 is 1.76 bits per heavy atom. The van der Waals surface area contributed by atoms with Gasteiger partial charge in [0.1, 0.15) is 0 Å². The van der Waals surface area contributed by atoms with Gasteiger partial charge in [-0.15, -0.1) is 0 Å². The van der Waals surface area contributed by atoms with E-state index in [1.54, 1.807) is 6.07 Å². The van der Waals surface area contributed by atoms with Crippen molar-refractivity contribution >= 4 is 9.84 Å². The minimum atomic E-state index is -3.05. The highest BCUT2D eigenvalue weighted by atomic mass is 32.2. The molecule has 0 aliphatic carbocycles. The molecule has 4 heteroatoms. The second-order valence-corrected chi connectivity index (χ2v) is 6.93. The number of piperidine rings is 1. The predicted octanol–water partition coefficient (Wildman–Crippen LogP) is 2.00. The van der Waals surface area contributed by atoms with Gasteiger partial charge in [-0.25, -0.2) is 8.42 Å². The van der Waals surface area contributed by atoms with Gasteiger partial charge < -0.3 is 0 Å². The van der Waals surface area contributed by atoms with Crippen LogP contribution in [0, 0.1) is 0 Å². The van der Waals surface area contributed by atoms with E-state index in [-0.39, 0.29) is 11.8 Å². The summed E-state index contributed by atoms with van der Waals surface area (Å²) in [6.07, 6.45) is 3.66. The number of hydrogen-bond donors (Lipinski definition) is 0. The number of hydrogen-bond acceptors (Lipinski definition) is 3. The summed E-state index contributed by atoms with van der Waals surface area (Å²) in [5.74, 6) is 0.270. The second kappa shape index (κ2) is 4.10. The number of benzene rings is 1. The Hall–Kier alpha value is -0.870. The largest absolute Gasteiger partial charge is 0.295 e. The molecule has 0 amide bonds. The van der Waals surface area contributed by atoms with Crippen molar-refractivity contribution in [1.29, 1.82) is 0 Å². The second-order valence-electron chi connectivity index (χ2n) is 4.93. The summed E-state index contributed by atoms with van der Waals surface area (Å²) in [6, 6.07) is 7.57. The smallest absolute Gasteiger partial charge is 0.180 e. The van der Waals surface area contributed by atoms with Gasteiger partial charge in [-0.05, 0) is 37.6 Å². The summed E-state index contributed by atoms with van der Waals surface area (Å²) in [7, 11) is -3.05. The van der Waals surface area contributed by atoms with Gasteiger partial charge in [0.05, 0.1) is 16.7 Å². The molecule has 0 aromatic heterocycles. The molecule has 92 valence electrons. The molecule has 1 unspecified atom stereocenters. The van der Waals surface area contributed by atoms with Crippen molar-refractivity contribution in [2.75, 3.05) is 18.8 Å². The number of fused-ring (bicyclic) bond motifs is 1. The molecule has 0 saturated carbocycles. The highest BCUT2D eigenvalue weighted by Gasteiger charge is 2.37. The highest BCUT2D eigenvalue weighted by molar-refractivity contribution is 7.91. The predicted molar refractivity (Wildman–Crippen MR) is 66.7 cm³/mol. The lowest BCUT2D eigenvalue weighted by atomic mass is 10.0. The molecule has 1 aromatic rings. The molecule has 2 aliphatic rings. The summed E-state index contributed by atoms with van der Waals surface area (Å²) >= 11 is 0. The van der Waals surface area contributed by atoms with Crippen LogP contribution in [-0.4, -0.2) is 32.2 Å². The van der Waals surface area contributed by atoms with E-state index in [2.05, 4.69) is 4.90 Å². The first kappa shape index (κ1) is 11.2. The number of rotatable bonds is 1. The first-order valence-electron chi connectivity index (χ1n) is 6.24. The quantitative estimate of drug-likeness (QED) is 0.766. The lowest BCUT2D eigenvalue weighted by molar-refractivity contribution is 0.178. The van der Waals surface area contributed by atoms with Gasteiger partial charge in [0.25, 0.3) is 0 Å². The Labute approximate surface area is 102 Å². The van der Waals surface area contributed by atoms with Crippen LogP contribution in [0.15, 0.2) is 29.2 Å². The Kier molecular flexibility index (Phi) is 2.71. The zero-order valence-corrected chi connectivity index (χ0v) is 10.6. The number of nitrogens with zero attached hydrogens (tertiary/aromatic N) is 1. The maximum Gasteiger partial charge on any atom is 0.180 e. The maximum absolute atomic E-state index is 12.1. The van der Waals surface area contributed by atoms with E-state index in [4.69, 9.17) is 0 Å². The lowest BCUT2D eigenvalue weighted by Crippen LogP contribution is -2.34. The molecule has 0 bridgehead atoms. The van der Waals surface area contributed by atoms with Crippen LogP contribution in [-0.2, 0) is 9.84 Å². The summed E-state index contributed by atoms with van der Waals surface area (Å²) in [4.78, 5) is 2.89. The molecule has 0 N–H and O–H groups in total. The molecule has 1 fully saturated rings. The van der Waals surface area contributed by atoms with Crippen LogP contribution in [0.2, 0.25) is 0 Å². The molecule has 1 aromatic carbocycles. The van der Waals surface area contributed by atoms with Crippen LogP contribution in [0.4, 0.5) is 0 Å². The van der Waals surface area contributed by atoms with Crippen LogP contribution < -0.4 is 0 Å². The van der Waals surface area contributed by atoms with E-state index in [1.165, 1.54) is 19.3 Å². The first-order chi connectivity index (χ1) is 8.18. The van der Waals surface area contributed by atoms with E-state index in [0.717, 1.165) is 18.7 Å². The molecule has 3 rings (SSSR count). The van der Waals surface area contributed by atoms with Crippen LogP contribution in [0.3, 0.4) is 0 Å². The maximum atomic E-state index is 12.1. The Morgan fingerprint density at radius 1 is 1.06 bits per heavy atom. The molecule has 2 aliphatic heterocycles. The number of sulfone groups is 1. The average Bonchev–Trinajstić information content (AvgIpc) is 2.64. The van der Waals surface area contributed by atoms with Crippen molar-refractivity contribution in [2.24, 2.45) is 0 Å². The third kappa shape index (κ3) is 1.89. The van der Waals surface area contributed by atoms with Gasteiger partial charge in [0.2, 0.25) is 0 Å². The monoisotopic (exact) mass is 251 g/mol. The molecule has 3 nitrogen and oxygen atoms in total. The molecular formula is C13H17NO2S. The summed E-state index contributed by atoms with van der Waals surface area (Å²) < 4.78 is 24.2. The molecule has 17 heavy (non-hydrogen) atoms. The Morgan fingerprint density at radius 3 is 2.53 bits per heavy atom. The van der Waals surface area contributed by atoms with Crippen LogP contribution >= 0.6 is 0 Å². The van der Waals surface area contributed by atoms with Gasteiger partial charge in [-0.3, -0.25) is 4.90 Å².